The number of benzene rings is 1. The Hall–Kier alpha value is -1.21. The number of nitro groups is 2. The van der Waals surface area contributed by atoms with Gasteiger partial charge in [-0.15, -0.1) is 11.6 Å². The normalized spacial score (nSPS) is 15.9. The Labute approximate surface area is 110 Å². The van der Waals surface area contributed by atoms with E-state index >= 15 is 0 Å². The monoisotopic (exact) mass is 322 g/mol. The maximum absolute atomic E-state index is 10.8. The van der Waals surface area contributed by atoms with Gasteiger partial charge in [-0.05, 0) is 5.56 Å². The summed E-state index contributed by atoms with van der Waals surface area (Å²) >= 11 is 8.90. The molecule has 0 bridgehead atoms. The van der Waals surface area contributed by atoms with Crippen LogP contribution in [0.5, 0.6) is 0 Å². The first-order valence-electron chi connectivity index (χ1n) is 4.48. The number of non-ortho nitro benzene ring substituents is 1. The Morgan fingerprint density at radius 3 is 2.12 bits per heavy atom. The Balaban J connectivity index is 3.02. The molecule has 2 atom stereocenters. The molecular weight excluding hydrogens is 315 g/mol. The third-order valence-corrected chi connectivity index (χ3v) is 3.90. The molecule has 0 radical (unpaired) electrons. The number of halogens is 2. The fourth-order valence-electron chi connectivity index (χ4n) is 1.16. The SMILES string of the molecule is C[C@@](Br)([C@H](Cl)c1ccc([N+](=O)[O-])cc1)[N+](=O)[O-]. The van der Waals surface area contributed by atoms with E-state index in [2.05, 4.69) is 15.9 Å². The molecule has 92 valence electrons. The topological polar surface area (TPSA) is 86.3 Å². The van der Waals surface area contributed by atoms with Crippen LogP contribution in [0.1, 0.15) is 17.9 Å². The summed E-state index contributed by atoms with van der Waals surface area (Å²) in [7, 11) is 0. The smallest absolute Gasteiger partial charge is 0.263 e. The minimum atomic E-state index is -1.52. The Morgan fingerprint density at radius 1 is 1.29 bits per heavy atom. The van der Waals surface area contributed by atoms with Gasteiger partial charge in [0.15, 0.2) is 0 Å². The summed E-state index contributed by atoms with van der Waals surface area (Å²) in [6.45, 7) is 1.33. The lowest BCUT2D eigenvalue weighted by atomic mass is 10.1. The average Bonchev–Trinajstić information content (AvgIpc) is 2.27. The molecule has 0 aliphatic rings. The quantitative estimate of drug-likeness (QED) is 0.368. The zero-order valence-electron chi connectivity index (χ0n) is 8.67. The highest BCUT2D eigenvalue weighted by atomic mass is 79.9. The predicted molar refractivity (Wildman–Crippen MR) is 66.0 cm³/mol. The van der Waals surface area contributed by atoms with Crippen LogP contribution in [0.4, 0.5) is 5.69 Å². The van der Waals surface area contributed by atoms with E-state index in [0.29, 0.717) is 5.56 Å². The van der Waals surface area contributed by atoms with Crippen LogP contribution in [-0.2, 0) is 0 Å². The lowest BCUT2D eigenvalue weighted by molar-refractivity contribution is -0.531. The summed E-state index contributed by atoms with van der Waals surface area (Å²) in [4.78, 5) is 20.1. The van der Waals surface area contributed by atoms with E-state index in [1.807, 2.05) is 0 Å². The fourth-order valence-corrected chi connectivity index (χ4v) is 1.65. The minimum Gasteiger partial charge on any atom is -0.263 e. The van der Waals surface area contributed by atoms with Gasteiger partial charge < -0.3 is 0 Å². The van der Waals surface area contributed by atoms with Crippen LogP contribution in [0.15, 0.2) is 24.3 Å². The first-order valence-corrected chi connectivity index (χ1v) is 5.71. The van der Waals surface area contributed by atoms with E-state index in [1.54, 1.807) is 0 Å². The van der Waals surface area contributed by atoms with E-state index in [9.17, 15) is 20.2 Å². The second-order valence-electron chi connectivity index (χ2n) is 3.49. The molecule has 0 aliphatic heterocycles. The van der Waals surface area contributed by atoms with E-state index in [0.717, 1.165) is 0 Å². The zero-order valence-corrected chi connectivity index (χ0v) is 11.0. The van der Waals surface area contributed by atoms with Gasteiger partial charge in [-0.3, -0.25) is 20.2 Å². The highest BCUT2D eigenvalue weighted by molar-refractivity contribution is 9.10. The largest absolute Gasteiger partial charge is 0.291 e. The molecule has 0 spiro atoms. The fraction of sp³-hybridized carbons (Fsp3) is 0.333. The van der Waals surface area contributed by atoms with Gasteiger partial charge in [-0.1, -0.05) is 12.1 Å². The summed E-state index contributed by atoms with van der Waals surface area (Å²) in [6.07, 6.45) is 0. The maximum Gasteiger partial charge on any atom is 0.291 e. The van der Waals surface area contributed by atoms with Crippen LogP contribution < -0.4 is 0 Å². The summed E-state index contributed by atoms with van der Waals surface area (Å²) in [5, 5.41) is 20.3. The third kappa shape index (κ3) is 2.92. The molecule has 0 aromatic heterocycles. The van der Waals surface area contributed by atoms with Gasteiger partial charge in [0.05, 0.1) is 4.92 Å². The van der Waals surface area contributed by atoms with Crippen molar-refractivity contribution in [1.29, 1.82) is 0 Å². The molecule has 0 heterocycles. The van der Waals surface area contributed by atoms with Gasteiger partial charge in [0.25, 0.3) is 10.1 Å². The molecule has 0 amide bonds. The number of hydrogen-bond donors (Lipinski definition) is 0. The molecule has 1 aromatic carbocycles. The van der Waals surface area contributed by atoms with Crippen molar-refractivity contribution in [2.45, 2.75) is 16.7 Å². The molecule has 0 saturated carbocycles. The number of rotatable bonds is 4. The Bertz CT molecular complexity index is 449. The van der Waals surface area contributed by atoms with Crippen LogP contribution in [0.2, 0.25) is 0 Å². The number of hydrogen-bond acceptors (Lipinski definition) is 4. The van der Waals surface area contributed by atoms with Crippen molar-refractivity contribution in [2.75, 3.05) is 0 Å². The van der Waals surface area contributed by atoms with Gasteiger partial charge in [0.2, 0.25) is 0 Å². The average molecular weight is 324 g/mol. The molecule has 0 aliphatic carbocycles. The molecule has 0 fully saturated rings. The molecule has 0 saturated heterocycles. The van der Waals surface area contributed by atoms with E-state index in [-0.39, 0.29) is 5.69 Å². The maximum atomic E-state index is 10.8. The van der Waals surface area contributed by atoms with Crippen molar-refractivity contribution in [2.24, 2.45) is 0 Å². The predicted octanol–water partition coefficient (Wildman–Crippen LogP) is 3.26. The number of nitro benzene ring substituents is 1. The van der Waals surface area contributed by atoms with Gasteiger partial charge in [0, 0.05) is 39.9 Å². The molecule has 0 unspecified atom stereocenters. The van der Waals surface area contributed by atoms with Crippen LogP contribution in [0, 0.1) is 20.2 Å². The van der Waals surface area contributed by atoms with E-state index in [4.69, 9.17) is 11.6 Å². The van der Waals surface area contributed by atoms with E-state index in [1.165, 1.54) is 31.2 Å². The first kappa shape index (κ1) is 13.9. The lowest BCUT2D eigenvalue weighted by Gasteiger charge is -2.19. The third-order valence-electron chi connectivity index (χ3n) is 2.22. The van der Waals surface area contributed by atoms with Crippen molar-refractivity contribution >= 4 is 33.2 Å². The van der Waals surface area contributed by atoms with Crippen LogP contribution >= 0.6 is 27.5 Å². The number of nitrogens with zero attached hydrogens (tertiary/aromatic N) is 2. The minimum absolute atomic E-state index is 0.0880. The summed E-state index contributed by atoms with van der Waals surface area (Å²) in [6, 6.07) is 5.32. The standard InChI is InChI=1S/C9H8BrClN2O4/c1-9(10,13(16)17)8(11)6-2-4-7(5-3-6)12(14)15/h2-5,8H,1H3/t8-,9+/m1/s1. The molecule has 6 nitrogen and oxygen atoms in total. The molecule has 17 heavy (non-hydrogen) atoms. The van der Waals surface area contributed by atoms with Crippen molar-refractivity contribution < 1.29 is 9.85 Å². The van der Waals surface area contributed by atoms with Crippen molar-refractivity contribution in [3.05, 3.63) is 50.1 Å². The zero-order chi connectivity index (χ0) is 13.2. The van der Waals surface area contributed by atoms with Gasteiger partial charge in [-0.25, -0.2) is 0 Å². The lowest BCUT2D eigenvalue weighted by Crippen LogP contribution is -2.32. The van der Waals surface area contributed by atoms with Crippen molar-refractivity contribution in [3.63, 3.8) is 0 Å². The summed E-state index contributed by atoms with van der Waals surface area (Å²) in [5.41, 5.74) is 0.350. The molecule has 0 N–H and O–H groups in total. The van der Waals surface area contributed by atoms with Crippen molar-refractivity contribution in [1.82, 2.24) is 0 Å². The molecule has 8 heteroatoms. The summed E-state index contributed by atoms with van der Waals surface area (Å²) in [5.74, 6) is 0. The highest BCUT2D eigenvalue weighted by Gasteiger charge is 2.43. The van der Waals surface area contributed by atoms with Crippen LogP contribution in [0.3, 0.4) is 0 Å². The van der Waals surface area contributed by atoms with Crippen LogP contribution in [0.25, 0.3) is 0 Å². The summed E-state index contributed by atoms with van der Waals surface area (Å²) < 4.78 is -1.52. The van der Waals surface area contributed by atoms with Gasteiger partial charge in [0.1, 0.15) is 5.38 Å². The van der Waals surface area contributed by atoms with Gasteiger partial charge in [-0.2, -0.15) is 0 Å². The molecular formula is C9H8BrClN2O4. The second kappa shape index (κ2) is 4.97. The molecule has 1 aromatic rings. The Morgan fingerprint density at radius 2 is 1.76 bits per heavy atom. The van der Waals surface area contributed by atoms with E-state index < -0.39 is 19.7 Å². The van der Waals surface area contributed by atoms with Gasteiger partial charge >= 0.3 is 0 Å². The number of alkyl halides is 2. The highest BCUT2D eigenvalue weighted by Crippen LogP contribution is 2.39. The second-order valence-corrected chi connectivity index (χ2v) is 5.53. The first-order chi connectivity index (χ1) is 7.76. The Kier molecular flexibility index (Phi) is 4.05. The van der Waals surface area contributed by atoms with Crippen LogP contribution in [-0.4, -0.2) is 14.3 Å². The molecule has 1 rings (SSSR count). The van der Waals surface area contributed by atoms with Crippen molar-refractivity contribution in [3.8, 4) is 0 Å².